The molecule has 1 aromatic carbocycles. The maximum atomic E-state index is 11.7. The van der Waals surface area contributed by atoms with Gasteiger partial charge in [-0.1, -0.05) is 24.8 Å². The van der Waals surface area contributed by atoms with Crippen molar-refractivity contribution in [2.24, 2.45) is 5.73 Å². The first-order valence-corrected chi connectivity index (χ1v) is 6.57. The molecular weight excluding hydrogens is 270 g/mol. The van der Waals surface area contributed by atoms with Crippen LogP contribution in [0.15, 0.2) is 36.9 Å². The third-order valence-corrected chi connectivity index (χ3v) is 3.01. The standard InChI is InChI=1S/C15H21N3O3/c1-4-9-21-13-7-5-12(6-8-13)10-18(3)11(2)14(19)17-15(16)20/h4-8,11H,1,9-10H2,2-3H3,(H3,16,17,19,20)/t11-/m1/s1. The van der Waals surface area contributed by atoms with Crippen LogP contribution in [0, 0.1) is 0 Å². The summed E-state index contributed by atoms with van der Waals surface area (Å²) in [6.07, 6.45) is 1.68. The van der Waals surface area contributed by atoms with Crippen molar-refractivity contribution in [2.75, 3.05) is 13.7 Å². The lowest BCUT2D eigenvalue weighted by Crippen LogP contribution is -2.46. The monoisotopic (exact) mass is 291 g/mol. The summed E-state index contributed by atoms with van der Waals surface area (Å²) in [5.74, 6) is 0.344. The van der Waals surface area contributed by atoms with Crippen molar-refractivity contribution in [1.82, 2.24) is 10.2 Å². The third kappa shape index (κ3) is 5.66. The van der Waals surface area contributed by atoms with Crippen LogP contribution in [0.1, 0.15) is 12.5 Å². The van der Waals surface area contributed by atoms with Gasteiger partial charge in [-0.3, -0.25) is 15.0 Å². The van der Waals surface area contributed by atoms with Crippen molar-refractivity contribution in [3.63, 3.8) is 0 Å². The summed E-state index contributed by atoms with van der Waals surface area (Å²) in [6, 6.07) is 6.27. The number of urea groups is 1. The van der Waals surface area contributed by atoms with Gasteiger partial charge in [0, 0.05) is 6.54 Å². The van der Waals surface area contributed by atoms with Gasteiger partial charge < -0.3 is 10.5 Å². The molecule has 0 saturated carbocycles. The van der Waals surface area contributed by atoms with Crippen LogP contribution in [-0.2, 0) is 11.3 Å². The van der Waals surface area contributed by atoms with E-state index >= 15 is 0 Å². The minimum Gasteiger partial charge on any atom is -0.490 e. The maximum Gasteiger partial charge on any atom is 0.318 e. The Labute approximate surface area is 124 Å². The first kappa shape index (κ1) is 16.7. The Morgan fingerprint density at radius 3 is 2.57 bits per heavy atom. The molecule has 0 radical (unpaired) electrons. The molecule has 3 N–H and O–H groups in total. The number of nitrogens with two attached hydrogens (primary N) is 1. The molecule has 0 saturated heterocycles. The first-order chi connectivity index (χ1) is 9.93. The summed E-state index contributed by atoms with van der Waals surface area (Å²) in [5, 5.41) is 2.07. The van der Waals surface area contributed by atoms with Crippen LogP contribution < -0.4 is 15.8 Å². The smallest absolute Gasteiger partial charge is 0.318 e. The fraction of sp³-hybridized carbons (Fsp3) is 0.333. The number of hydrogen-bond donors (Lipinski definition) is 2. The van der Waals surface area contributed by atoms with Crippen LogP contribution in [0.2, 0.25) is 0 Å². The van der Waals surface area contributed by atoms with Gasteiger partial charge in [0.05, 0.1) is 6.04 Å². The number of rotatable bonds is 7. The molecule has 1 rings (SSSR count). The maximum absolute atomic E-state index is 11.7. The Morgan fingerprint density at radius 1 is 1.43 bits per heavy atom. The molecule has 0 heterocycles. The molecule has 0 fully saturated rings. The van der Waals surface area contributed by atoms with Gasteiger partial charge in [-0.25, -0.2) is 4.79 Å². The van der Waals surface area contributed by atoms with E-state index in [1.165, 1.54) is 0 Å². The van der Waals surface area contributed by atoms with Gasteiger partial charge in [-0.2, -0.15) is 0 Å². The van der Waals surface area contributed by atoms with Gasteiger partial charge in [0.25, 0.3) is 0 Å². The molecule has 0 bridgehead atoms. The summed E-state index contributed by atoms with van der Waals surface area (Å²) >= 11 is 0. The van der Waals surface area contributed by atoms with Crippen LogP contribution in [0.25, 0.3) is 0 Å². The number of benzene rings is 1. The lowest BCUT2D eigenvalue weighted by Gasteiger charge is -2.23. The zero-order valence-electron chi connectivity index (χ0n) is 12.3. The molecule has 3 amide bonds. The van der Waals surface area contributed by atoms with E-state index in [1.807, 2.05) is 29.2 Å². The minimum atomic E-state index is -0.844. The predicted molar refractivity (Wildman–Crippen MR) is 80.8 cm³/mol. The third-order valence-electron chi connectivity index (χ3n) is 3.01. The lowest BCUT2D eigenvalue weighted by molar-refractivity contribution is -0.124. The van der Waals surface area contributed by atoms with E-state index in [9.17, 15) is 9.59 Å². The van der Waals surface area contributed by atoms with Gasteiger partial charge in [-0.05, 0) is 31.7 Å². The molecule has 6 nitrogen and oxygen atoms in total. The average molecular weight is 291 g/mol. The van der Waals surface area contributed by atoms with E-state index in [2.05, 4.69) is 11.9 Å². The highest BCUT2D eigenvalue weighted by molar-refractivity contribution is 5.96. The zero-order chi connectivity index (χ0) is 15.8. The fourth-order valence-corrected chi connectivity index (χ4v) is 1.70. The van der Waals surface area contributed by atoms with Crippen molar-refractivity contribution in [2.45, 2.75) is 19.5 Å². The molecule has 0 aliphatic heterocycles. The van der Waals surface area contributed by atoms with E-state index < -0.39 is 18.0 Å². The Hall–Kier alpha value is -2.34. The van der Waals surface area contributed by atoms with Crippen molar-refractivity contribution in [1.29, 1.82) is 0 Å². The Bertz CT molecular complexity index is 499. The normalized spacial score (nSPS) is 11.8. The SMILES string of the molecule is C=CCOc1ccc(CN(C)[C@H](C)C(=O)NC(N)=O)cc1. The number of carbonyl (C=O) groups excluding carboxylic acids is 2. The molecular formula is C15H21N3O3. The average Bonchev–Trinajstić information content (AvgIpc) is 2.45. The number of ether oxygens (including phenoxy) is 1. The van der Waals surface area contributed by atoms with Crippen molar-refractivity contribution in [3.8, 4) is 5.75 Å². The molecule has 6 heteroatoms. The molecule has 114 valence electrons. The first-order valence-electron chi connectivity index (χ1n) is 6.57. The van der Waals surface area contributed by atoms with Gasteiger partial charge in [0.15, 0.2) is 0 Å². The lowest BCUT2D eigenvalue weighted by atomic mass is 10.2. The number of hydrogen-bond acceptors (Lipinski definition) is 4. The van der Waals surface area contributed by atoms with E-state index in [0.29, 0.717) is 13.2 Å². The van der Waals surface area contributed by atoms with Crippen molar-refractivity contribution >= 4 is 11.9 Å². The number of carbonyl (C=O) groups is 2. The molecule has 1 aromatic rings. The van der Waals surface area contributed by atoms with Gasteiger partial charge >= 0.3 is 6.03 Å². The number of imide groups is 1. The van der Waals surface area contributed by atoms with Crippen LogP contribution in [0.4, 0.5) is 4.79 Å². The van der Waals surface area contributed by atoms with Crippen molar-refractivity contribution < 1.29 is 14.3 Å². The van der Waals surface area contributed by atoms with Crippen LogP contribution in [0.3, 0.4) is 0 Å². The fourth-order valence-electron chi connectivity index (χ4n) is 1.70. The molecule has 0 aromatic heterocycles. The quantitative estimate of drug-likeness (QED) is 0.741. The second-order valence-corrected chi connectivity index (χ2v) is 4.69. The van der Waals surface area contributed by atoms with Gasteiger partial charge in [0.2, 0.25) is 5.91 Å². The topological polar surface area (TPSA) is 84.7 Å². The molecule has 1 atom stereocenters. The molecule has 0 aliphatic carbocycles. The molecule has 21 heavy (non-hydrogen) atoms. The van der Waals surface area contributed by atoms with E-state index in [4.69, 9.17) is 10.5 Å². The van der Waals surface area contributed by atoms with E-state index in [-0.39, 0.29) is 0 Å². The van der Waals surface area contributed by atoms with Gasteiger partial charge in [-0.15, -0.1) is 0 Å². The minimum absolute atomic E-state index is 0.420. The number of amides is 3. The number of likely N-dealkylation sites (N-methyl/N-ethyl adjacent to an activating group) is 1. The molecule has 0 spiro atoms. The second kappa shape index (κ2) is 8.06. The van der Waals surface area contributed by atoms with E-state index in [1.54, 1.807) is 20.0 Å². The van der Waals surface area contributed by atoms with Gasteiger partial charge in [0.1, 0.15) is 12.4 Å². The Balaban J connectivity index is 2.57. The zero-order valence-corrected chi connectivity index (χ0v) is 12.3. The van der Waals surface area contributed by atoms with Crippen LogP contribution in [-0.4, -0.2) is 36.5 Å². The highest BCUT2D eigenvalue weighted by Gasteiger charge is 2.19. The van der Waals surface area contributed by atoms with Crippen LogP contribution in [0.5, 0.6) is 5.75 Å². The summed E-state index contributed by atoms with van der Waals surface area (Å²) in [6.45, 7) is 6.32. The highest BCUT2D eigenvalue weighted by Crippen LogP contribution is 2.14. The Morgan fingerprint density at radius 2 is 2.05 bits per heavy atom. The van der Waals surface area contributed by atoms with E-state index in [0.717, 1.165) is 11.3 Å². The summed E-state index contributed by atoms with van der Waals surface area (Å²) in [7, 11) is 1.80. The highest BCUT2D eigenvalue weighted by atomic mass is 16.5. The summed E-state index contributed by atoms with van der Waals surface area (Å²) < 4.78 is 5.40. The molecule has 0 unspecified atom stereocenters. The van der Waals surface area contributed by atoms with Crippen LogP contribution >= 0.6 is 0 Å². The van der Waals surface area contributed by atoms with Crippen molar-refractivity contribution in [3.05, 3.63) is 42.5 Å². The number of nitrogens with one attached hydrogen (secondary N) is 1. The summed E-state index contributed by atoms with van der Waals surface area (Å²) in [4.78, 5) is 24.2. The predicted octanol–water partition coefficient (Wildman–Crippen LogP) is 1.27. The Kier molecular flexibility index (Phi) is 6.42. The summed E-state index contributed by atoms with van der Waals surface area (Å²) in [5.41, 5.74) is 5.96. The second-order valence-electron chi connectivity index (χ2n) is 4.69. The largest absolute Gasteiger partial charge is 0.490 e. The number of primary amides is 1. The number of nitrogens with zero attached hydrogens (tertiary/aromatic N) is 1. The molecule has 0 aliphatic rings.